The SMILES string of the molecule is CCCCCCc1ccc(CCCCCC)c2cc(C#N)c(C#N)cc12. The van der Waals surface area contributed by atoms with E-state index >= 15 is 0 Å². The van der Waals surface area contributed by atoms with Crippen molar-refractivity contribution in [1.82, 2.24) is 0 Å². The van der Waals surface area contributed by atoms with Crippen LogP contribution in [0.4, 0.5) is 0 Å². The number of hydrogen-bond acceptors (Lipinski definition) is 2. The minimum atomic E-state index is 0.498. The molecule has 0 aliphatic carbocycles. The van der Waals surface area contributed by atoms with Crippen LogP contribution in [0.25, 0.3) is 10.8 Å². The third kappa shape index (κ3) is 5.09. The summed E-state index contributed by atoms with van der Waals surface area (Å²) in [5.74, 6) is 0. The fourth-order valence-corrected chi connectivity index (χ4v) is 3.62. The lowest BCUT2D eigenvalue weighted by atomic mass is 9.91. The third-order valence-corrected chi connectivity index (χ3v) is 5.18. The zero-order valence-electron chi connectivity index (χ0n) is 16.3. The lowest BCUT2D eigenvalue weighted by Gasteiger charge is -2.13. The van der Waals surface area contributed by atoms with Gasteiger partial charge in [-0.05, 0) is 59.7 Å². The van der Waals surface area contributed by atoms with Crippen LogP contribution in [0, 0.1) is 22.7 Å². The molecule has 2 aromatic rings. The highest BCUT2D eigenvalue weighted by molar-refractivity contribution is 5.91. The van der Waals surface area contributed by atoms with Gasteiger partial charge in [0.15, 0.2) is 0 Å². The molecular formula is C24H30N2. The van der Waals surface area contributed by atoms with Gasteiger partial charge in [0.05, 0.1) is 11.1 Å². The molecule has 0 atom stereocenters. The molecule has 0 heterocycles. The number of fused-ring (bicyclic) bond motifs is 1. The van der Waals surface area contributed by atoms with E-state index in [9.17, 15) is 10.5 Å². The highest BCUT2D eigenvalue weighted by Gasteiger charge is 2.11. The first-order valence-corrected chi connectivity index (χ1v) is 10.1. The van der Waals surface area contributed by atoms with Crippen LogP contribution in [0.2, 0.25) is 0 Å². The van der Waals surface area contributed by atoms with E-state index in [0.717, 1.165) is 12.8 Å². The first kappa shape index (κ1) is 20.0. The van der Waals surface area contributed by atoms with Crippen LogP contribution in [0.3, 0.4) is 0 Å². The number of hydrogen-bond donors (Lipinski definition) is 0. The zero-order valence-corrected chi connectivity index (χ0v) is 16.3. The van der Waals surface area contributed by atoms with Crippen LogP contribution in [0.5, 0.6) is 0 Å². The molecular weight excluding hydrogens is 316 g/mol. The number of rotatable bonds is 10. The molecule has 0 saturated carbocycles. The zero-order chi connectivity index (χ0) is 18.8. The van der Waals surface area contributed by atoms with Crippen molar-refractivity contribution in [3.05, 3.63) is 46.5 Å². The van der Waals surface area contributed by atoms with E-state index in [0.29, 0.717) is 11.1 Å². The number of nitrogens with zero attached hydrogens (tertiary/aromatic N) is 2. The Balaban J connectivity index is 2.37. The molecule has 0 amide bonds. The van der Waals surface area contributed by atoms with Crippen molar-refractivity contribution in [2.75, 3.05) is 0 Å². The van der Waals surface area contributed by atoms with Crippen LogP contribution in [0.15, 0.2) is 24.3 Å². The van der Waals surface area contributed by atoms with Crippen LogP contribution < -0.4 is 0 Å². The summed E-state index contributed by atoms with van der Waals surface area (Å²) in [5, 5.41) is 21.2. The topological polar surface area (TPSA) is 47.6 Å². The summed E-state index contributed by atoms with van der Waals surface area (Å²) in [4.78, 5) is 0. The molecule has 0 fully saturated rings. The first-order valence-electron chi connectivity index (χ1n) is 10.1. The highest BCUT2D eigenvalue weighted by Crippen LogP contribution is 2.29. The van der Waals surface area contributed by atoms with E-state index < -0.39 is 0 Å². The summed E-state index contributed by atoms with van der Waals surface area (Å²) in [5.41, 5.74) is 3.62. The van der Waals surface area contributed by atoms with Gasteiger partial charge in [0, 0.05) is 0 Å². The molecule has 26 heavy (non-hydrogen) atoms. The molecule has 0 radical (unpaired) electrons. The fraction of sp³-hybridized carbons (Fsp3) is 0.500. The van der Waals surface area contributed by atoms with Crippen molar-refractivity contribution in [2.24, 2.45) is 0 Å². The molecule has 0 bridgehead atoms. The van der Waals surface area contributed by atoms with Crippen LogP contribution in [0.1, 0.15) is 87.5 Å². The molecule has 136 valence electrons. The van der Waals surface area contributed by atoms with Crippen molar-refractivity contribution in [3.8, 4) is 12.1 Å². The van der Waals surface area contributed by atoms with Gasteiger partial charge in [-0.3, -0.25) is 0 Å². The monoisotopic (exact) mass is 346 g/mol. The van der Waals surface area contributed by atoms with E-state index in [1.54, 1.807) is 0 Å². The Labute approximate surface area is 158 Å². The quantitative estimate of drug-likeness (QED) is 0.443. The van der Waals surface area contributed by atoms with Crippen molar-refractivity contribution in [1.29, 1.82) is 10.5 Å². The molecule has 0 aromatic heterocycles. The minimum absolute atomic E-state index is 0.498. The number of unbranched alkanes of at least 4 members (excludes halogenated alkanes) is 6. The normalized spacial score (nSPS) is 10.6. The molecule has 0 unspecified atom stereocenters. The lowest BCUT2D eigenvalue weighted by Crippen LogP contribution is -1.96. The second kappa shape index (κ2) is 10.6. The van der Waals surface area contributed by atoms with Crippen molar-refractivity contribution in [2.45, 2.75) is 78.1 Å². The van der Waals surface area contributed by atoms with E-state index in [2.05, 4.69) is 38.1 Å². The summed E-state index contributed by atoms with van der Waals surface area (Å²) in [6.07, 6.45) is 12.0. The largest absolute Gasteiger partial charge is 0.192 e. The predicted molar refractivity (Wildman–Crippen MR) is 109 cm³/mol. The Hall–Kier alpha value is -2.32. The molecule has 2 nitrogen and oxygen atoms in total. The Bertz CT molecular complexity index is 737. The second-order valence-electron chi connectivity index (χ2n) is 7.17. The third-order valence-electron chi connectivity index (χ3n) is 5.18. The smallest absolute Gasteiger partial charge is 0.101 e. The van der Waals surface area contributed by atoms with E-state index in [-0.39, 0.29) is 0 Å². The van der Waals surface area contributed by atoms with Crippen LogP contribution in [-0.2, 0) is 12.8 Å². The molecule has 0 N–H and O–H groups in total. The molecule has 0 saturated heterocycles. The molecule has 0 aliphatic heterocycles. The van der Waals surface area contributed by atoms with Crippen LogP contribution in [-0.4, -0.2) is 0 Å². The van der Waals surface area contributed by atoms with Gasteiger partial charge < -0.3 is 0 Å². The van der Waals surface area contributed by atoms with Gasteiger partial charge in [-0.1, -0.05) is 64.5 Å². The van der Waals surface area contributed by atoms with E-state index in [1.165, 1.54) is 73.3 Å². The number of nitriles is 2. The van der Waals surface area contributed by atoms with Gasteiger partial charge in [0.25, 0.3) is 0 Å². The van der Waals surface area contributed by atoms with Gasteiger partial charge in [-0.25, -0.2) is 0 Å². The van der Waals surface area contributed by atoms with Crippen molar-refractivity contribution in [3.63, 3.8) is 0 Å². The molecule has 2 heteroatoms. The second-order valence-corrected chi connectivity index (χ2v) is 7.17. The molecule has 2 aromatic carbocycles. The number of aryl methyl sites for hydroxylation is 2. The van der Waals surface area contributed by atoms with Gasteiger partial charge in [-0.15, -0.1) is 0 Å². The molecule has 0 aliphatic rings. The first-order chi connectivity index (χ1) is 12.7. The Morgan fingerprint density at radius 2 is 1.08 bits per heavy atom. The average molecular weight is 347 g/mol. The maximum absolute atomic E-state index is 9.41. The summed E-state index contributed by atoms with van der Waals surface area (Å²) >= 11 is 0. The lowest BCUT2D eigenvalue weighted by molar-refractivity contribution is 0.665. The minimum Gasteiger partial charge on any atom is -0.192 e. The van der Waals surface area contributed by atoms with Gasteiger partial charge >= 0.3 is 0 Å². The van der Waals surface area contributed by atoms with E-state index in [4.69, 9.17) is 0 Å². The molecule has 2 rings (SSSR count). The van der Waals surface area contributed by atoms with Gasteiger partial charge in [-0.2, -0.15) is 10.5 Å². The van der Waals surface area contributed by atoms with Crippen molar-refractivity contribution >= 4 is 10.8 Å². The molecule has 0 spiro atoms. The highest BCUT2D eigenvalue weighted by atomic mass is 14.3. The summed E-state index contributed by atoms with van der Waals surface area (Å²) in [6.45, 7) is 4.46. The fourth-order valence-electron chi connectivity index (χ4n) is 3.62. The summed E-state index contributed by atoms with van der Waals surface area (Å²) in [7, 11) is 0. The van der Waals surface area contributed by atoms with Gasteiger partial charge in [0.1, 0.15) is 12.1 Å². The maximum Gasteiger partial charge on any atom is 0.101 e. The average Bonchev–Trinajstić information content (AvgIpc) is 2.68. The van der Waals surface area contributed by atoms with Gasteiger partial charge in [0.2, 0.25) is 0 Å². The maximum atomic E-state index is 9.41. The van der Waals surface area contributed by atoms with E-state index in [1.807, 2.05) is 12.1 Å². The Morgan fingerprint density at radius 1 is 0.654 bits per heavy atom. The van der Waals surface area contributed by atoms with Crippen molar-refractivity contribution < 1.29 is 0 Å². The summed E-state index contributed by atoms with van der Waals surface area (Å²) < 4.78 is 0. The Morgan fingerprint density at radius 3 is 1.42 bits per heavy atom. The predicted octanol–water partition coefficient (Wildman–Crippen LogP) is 6.83. The van der Waals surface area contributed by atoms with Crippen LogP contribution >= 0.6 is 0 Å². The standard InChI is InChI=1S/C24H30N2/c1-3-5-7-9-11-19-13-14-20(12-10-8-6-4-2)24-16-22(18-26)21(17-25)15-23(19)24/h13-16H,3-12H2,1-2H3. The number of benzene rings is 2. The Kier molecular flexibility index (Phi) is 8.17. The summed E-state index contributed by atoms with van der Waals surface area (Å²) in [6, 6.07) is 12.8.